The van der Waals surface area contributed by atoms with Gasteiger partial charge in [-0.3, -0.25) is 0 Å². The lowest BCUT2D eigenvalue weighted by atomic mass is 10.1. The summed E-state index contributed by atoms with van der Waals surface area (Å²) in [6.07, 6.45) is 0. The fraction of sp³-hybridized carbons (Fsp3) is 0.188. The Balaban J connectivity index is 2.19. The zero-order valence-electron chi connectivity index (χ0n) is 11.1. The van der Waals surface area contributed by atoms with E-state index in [0.29, 0.717) is 23.1 Å². The second-order valence-corrected chi connectivity index (χ2v) is 5.15. The first-order valence-electron chi connectivity index (χ1n) is 6.18. The highest BCUT2D eigenvalue weighted by Crippen LogP contribution is 2.22. The highest BCUT2D eigenvalue weighted by molar-refractivity contribution is 9.08. The SMILES string of the molecule is CN(Cc1cccc(C#N)c1)c1ccc(CBr)cc1F. The molecule has 0 aliphatic heterocycles. The van der Waals surface area contributed by atoms with Gasteiger partial charge in [0.1, 0.15) is 5.82 Å². The third-order valence-corrected chi connectivity index (χ3v) is 3.70. The van der Waals surface area contributed by atoms with E-state index in [-0.39, 0.29) is 5.82 Å². The van der Waals surface area contributed by atoms with Gasteiger partial charge >= 0.3 is 0 Å². The van der Waals surface area contributed by atoms with Crippen molar-refractivity contribution in [3.8, 4) is 6.07 Å². The van der Waals surface area contributed by atoms with Gasteiger partial charge in [0.05, 0.1) is 17.3 Å². The Labute approximate surface area is 126 Å². The maximum atomic E-state index is 14.0. The molecule has 2 aromatic rings. The number of anilines is 1. The highest BCUT2D eigenvalue weighted by atomic mass is 79.9. The second kappa shape index (κ2) is 6.53. The van der Waals surface area contributed by atoms with Crippen molar-refractivity contribution in [3.05, 3.63) is 65.0 Å². The van der Waals surface area contributed by atoms with E-state index in [1.807, 2.05) is 36.2 Å². The van der Waals surface area contributed by atoms with Gasteiger partial charge in [0.25, 0.3) is 0 Å². The first-order chi connectivity index (χ1) is 9.63. The molecule has 0 saturated carbocycles. The number of hydrogen-bond acceptors (Lipinski definition) is 2. The summed E-state index contributed by atoms with van der Waals surface area (Å²) in [6, 6.07) is 14.7. The van der Waals surface area contributed by atoms with Crippen molar-refractivity contribution in [1.29, 1.82) is 5.26 Å². The average Bonchev–Trinajstić information content (AvgIpc) is 2.47. The van der Waals surface area contributed by atoms with E-state index < -0.39 is 0 Å². The zero-order valence-corrected chi connectivity index (χ0v) is 12.7. The van der Waals surface area contributed by atoms with Gasteiger partial charge in [-0.2, -0.15) is 5.26 Å². The Bertz CT molecular complexity index is 649. The minimum absolute atomic E-state index is 0.235. The fourth-order valence-corrected chi connectivity index (χ4v) is 2.39. The van der Waals surface area contributed by atoms with Crippen molar-refractivity contribution >= 4 is 21.6 Å². The van der Waals surface area contributed by atoms with Gasteiger partial charge in [0, 0.05) is 18.9 Å². The summed E-state index contributed by atoms with van der Waals surface area (Å²) in [4.78, 5) is 1.84. The van der Waals surface area contributed by atoms with E-state index in [4.69, 9.17) is 5.26 Å². The predicted molar refractivity (Wildman–Crippen MR) is 82.3 cm³/mol. The first-order valence-corrected chi connectivity index (χ1v) is 7.30. The van der Waals surface area contributed by atoms with Gasteiger partial charge in [-0.15, -0.1) is 0 Å². The number of nitrogens with zero attached hydrogens (tertiary/aromatic N) is 2. The van der Waals surface area contributed by atoms with Crippen molar-refractivity contribution in [3.63, 3.8) is 0 Å². The predicted octanol–water partition coefficient (Wildman–Crippen LogP) is 4.23. The van der Waals surface area contributed by atoms with E-state index in [1.54, 1.807) is 12.1 Å². The molecule has 2 aromatic carbocycles. The topological polar surface area (TPSA) is 27.0 Å². The maximum absolute atomic E-state index is 14.0. The summed E-state index contributed by atoms with van der Waals surface area (Å²) in [5.74, 6) is -0.235. The van der Waals surface area contributed by atoms with Crippen molar-refractivity contribution in [2.75, 3.05) is 11.9 Å². The lowest BCUT2D eigenvalue weighted by Crippen LogP contribution is -2.17. The lowest BCUT2D eigenvalue weighted by molar-refractivity contribution is 0.621. The summed E-state index contributed by atoms with van der Waals surface area (Å²) >= 11 is 3.31. The number of rotatable bonds is 4. The van der Waals surface area contributed by atoms with Crippen LogP contribution >= 0.6 is 15.9 Å². The van der Waals surface area contributed by atoms with Crippen LogP contribution in [0.1, 0.15) is 16.7 Å². The van der Waals surface area contributed by atoms with Crippen molar-refractivity contribution in [2.45, 2.75) is 11.9 Å². The number of hydrogen-bond donors (Lipinski definition) is 0. The molecular formula is C16H14BrFN2. The largest absolute Gasteiger partial charge is 0.368 e. The molecule has 0 aromatic heterocycles. The molecule has 0 aliphatic rings. The molecule has 0 aliphatic carbocycles. The molecule has 0 unspecified atom stereocenters. The highest BCUT2D eigenvalue weighted by Gasteiger charge is 2.09. The maximum Gasteiger partial charge on any atom is 0.146 e. The molecule has 2 nitrogen and oxygen atoms in total. The Morgan fingerprint density at radius 3 is 2.65 bits per heavy atom. The standard InChI is InChI=1S/C16H14BrFN2/c1-20(11-14-4-2-3-13(7-14)10-19)16-6-5-12(9-17)8-15(16)18/h2-8H,9,11H2,1H3. The Hall–Kier alpha value is -1.86. The van der Waals surface area contributed by atoms with Gasteiger partial charge in [-0.1, -0.05) is 34.1 Å². The molecule has 0 amide bonds. The molecule has 20 heavy (non-hydrogen) atoms. The summed E-state index contributed by atoms with van der Waals surface area (Å²) in [5.41, 5.74) is 3.06. The zero-order chi connectivity index (χ0) is 14.5. The number of halogens is 2. The minimum Gasteiger partial charge on any atom is -0.368 e. The van der Waals surface area contributed by atoms with E-state index >= 15 is 0 Å². The Kier molecular flexibility index (Phi) is 4.75. The van der Waals surface area contributed by atoms with Gasteiger partial charge in [0.2, 0.25) is 0 Å². The molecule has 2 rings (SSSR count). The van der Waals surface area contributed by atoms with E-state index in [2.05, 4.69) is 22.0 Å². The lowest BCUT2D eigenvalue weighted by Gasteiger charge is -2.20. The molecule has 0 radical (unpaired) electrons. The molecule has 0 fully saturated rings. The van der Waals surface area contributed by atoms with Crippen LogP contribution in [0.3, 0.4) is 0 Å². The molecule has 102 valence electrons. The van der Waals surface area contributed by atoms with E-state index in [9.17, 15) is 4.39 Å². The molecule has 0 heterocycles. The molecule has 0 N–H and O–H groups in total. The van der Waals surface area contributed by atoms with Crippen LogP contribution in [0.5, 0.6) is 0 Å². The third kappa shape index (κ3) is 3.37. The van der Waals surface area contributed by atoms with Crippen LogP contribution in [0.25, 0.3) is 0 Å². The molecular weight excluding hydrogens is 319 g/mol. The van der Waals surface area contributed by atoms with Crippen molar-refractivity contribution in [1.82, 2.24) is 0 Å². The summed E-state index contributed by atoms with van der Waals surface area (Å²) in [5, 5.41) is 9.52. The van der Waals surface area contributed by atoms with Gasteiger partial charge < -0.3 is 4.90 Å². The average molecular weight is 333 g/mol. The molecule has 0 bridgehead atoms. The van der Waals surface area contributed by atoms with Gasteiger partial charge in [-0.25, -0.2) is 4.39 Å². The number of nitriles is 1. The number of alkyl halides is 1. The normalized spacial score (nSPS) is 10.1. The molecule has 0 spiro atoms. The summed E-state index contributed by atoms with van der Waals surface area (Å²) in [7, 11) is 1.84. The van der Waals surface area contributed by atoms with Crippen LogP contribution in [0.4, 0.5) is 10.1 Å². The summed E-state index contributed by atoms with van der Waals surface area (Å²) in [6.45, 7) is 0.556. The van der Waals surface area contributed by atoms with Crippen LogP contribution in [-0.2, 0) is 11.9 Å². The minimum atomic E-state index is -0.235. The molecule has 4 heteroatoms. The van der Waals surface area contributed by atoms with E-state index in [1.165, 1.54) is 6.07 Å². The Morgan fingerprint density at radius 1 is 1.20 bits per heavy atom. The Morgan fingerprint density at radius 2 is 2.00 bits per heavy atom. The molecule has 0 atom stereocenters. The van der Waals surface area contributed by atoms with Crippen LogP contribution in [-0.4, -0.2) is 7.05 Å². The van der Waals surface area contributed by atoms with E-state index in [0.717, 1.165) is 11.1 Å². The molecule has 0 saturated heterocycles. The van der Waals surface area contributed by atoms with Crippen molar-refractivity contribution < 1.29 is 4.39 Å². The van der Waals surface area contributed by atoms with Crippen LogP contribution in [0, 0.1) is 17.1 Å². The van der Waals surface area contributed by atoms with Crippen LogP contribution in [0.15, 0.2) is 42.5 Å². The summed E-state index contributed by atoms with van der Waals surface area (Å²) < 4.78 is 14.0. The first kappa shape index (κ1) is 14.5. The fourth-order valence-electron chi connectivity index (χ4n) is 2.04. The second-order valence-electron chi connectivity index (χ2n) is 4.59. The number of benzene rings is 2. The monoisotopic (exact) mass is 332 g/mol. The van der Waals surface area contributed by atoms with Crippen molar-refractivity contribution in [2.24, 2.45) is 0 Å². The smallest absolute Gasteiger partial charge is 0.146 e. The van der Waals surface area contributed by atoms with Gasteiger partial charge in [0.15, 0.2) is 0 Å². The van der Waals surface area contributed by atoms with Crippen LogP contribution in [0.2, 0.25) is 0 Å². The quantitative estimate of drug-likeness (QED) is 0.783. The van der Waals surface area contributed by atoms with Gasteiger partial charge in [-0.05, 0) is 35.4 Å². The van der Waals surface area contributed by atoms with Crippen LogP contribution < -0.4 is 4.90 Å². The third-order valence-electron chi connectivity index (χ3n) is 3.05.